The van der Waals surface area contributed by atoms with Gasteiger partial charge in [0.25, 0.3) is 11.7 Å². The van der Waals surface area contributed by atoms with Crippen molar-refractivity contribution in [1.82, 2.24) is 9.88 Å². The number of ether oxygens (including phenoxy) is 1. The molecule has 1 aliphatic rings. The molecule has 6 nitrogen and oxygen atoms in total. The van der Waals surface area contributed by atoms with Crippen molar-refractivity contribution in [2.24, 2.45) is 0 Å². The lowest BCUT2D eigenvalue weighted by Crippen LogP contribution is -2.29. The maximum absolute atomic E-state index is 13.2. The molecular weight excluding hydrogens is 416 g/mol. The third-order valence-electron chi connectivity index (χ3n) is 5.76. The van der Waals surface area contributed by atoms with Crippen LogP contribution in [0.4, 0.5) is 0 Å². The number of aliphatic hydroxyl groups is 1. The predicted octanol–water partition coefficient (Wildman–Crippen LogP) is 4.72. The number of hydrogen-bond acceptors (Lipinski definition) is 5. The number of pyridine rings is 1. The van der Waals surface area contributed by atoms with Crippen molar-refractivity contribution >= 4 is 17.4 Å². The number of ketones is 1. The van der Waals surface area contributed by atoms with Crippen LogP contribution in [0.1, 0.15) is 40.8 Å². The van der Waals surface area contributed by atoms with Gasteiger partial charge in [-0.1, -0.05) is 35.9 Å². The van der Waals surface area contributed by atoms with E-state index in [1.807, 2.05) is 51.1 Å². The highest BCUT2D eigenvalue weighted by atomic mass is 16.5. The number of benzene rings is 2. The summed E-state index contributed by atoms with van der Waals surface area (Å²) in [5, 5.41) is 11.3. The number of Topliss-reactive ketones (excluding diaryl/α,β-unsaturated/α-hetero) is 1. The van der Waals surface area contributed by atoms with E-state index in [4.69, 9.17) is 4.74 Å². The Bertz CT molecular complexity index is 1220. The maximum atomic E-state index is 13.2. The molecule has 0 saturated carbocycles. The largest absolute Gasteiger partial charge is 0.507 e. The topological polar surface area (TPSA) is 79.7 Å². The zero-order valence-electron chi connectivity index (χ0n) is 18.9. The van der Waals surface area contributed by atoms with E-state index < -0.39 is 17.7 Å². The van der Waals surface area contributed by atoms with Gasteiger partial charge in [0.2, 0.25) is 0 Å². The second-order valence-electron chi connectivity index (χ2n) is 8.11. The highest BCUT2D eigenvalue weighted by Gasteiger charge is 2.46. The Balaban J connectivity index is 1.84. The molecule has 2 aromatic carbocycles. The first-order valence-electron chi connectivity index (χ1n) is 10.9. The number of aryl methyl sites for hydroxylation is 2. The lowest BCUT2D eigenvalue weighted by Gasteiger charge is -2.25. The first-order valence-corrected chi connectivity index (χ1v) is 10.9. The second-order valence-corrected chi connectivity index (χ2v) is 8.11. The van der Waals surface area contributed by atoms with Crippen LogP contribution in [-0.2, 0) is 16.1 Å². The molecule has 0 radical (unpaired) electrons. The van der Waals surface area contributed by atoms with Crippen LogP contribution in [0, 0.1) is 13.8 Å². The van der Waals surface area contributed by atoms with Gasteiger partial charge in [0.05, 0.1) is 18.2 Å². The Morgan fingerprint density at radius 3 is 2.48 bits per heavy atom. The Hall–Kier alpha value is -3.93. The molecule has 33 heavy (non-hydrogen) atoms. The van der Waals surface area contributed by atoms with Crippen molar-refractivity contribution in [3.05, 3.63) is 100 Å². The molecule has 1 atom stereocenters. The van der Waals surface area contributed by atoms with Crippen LogP contribution in [0.25, 0.3) is 5.76 Å². The van der Waals surface area contributed by atoms with E-state index in [-0.39, 0.29) is 17.9 Å². The molecule has 0 bridgehead atoms. The molecular formula is C27H26N2O4. The molecule has 1 amide bonds. The Kier molecular flexibility index (Phi) is 6.27. The summed E-state index contributed by atoms with van der Waals surface area (Å²) in [6.45, 7) is 6.48. The molecule has 1 unspecified atom stereocenters. The van der Waals surface area contributed by atoms with Crippen LogP contribution in [0.5, 0.6) is 5.75 Å². The molecule has 4 rings (SSSR count). The summed E-state index contributed by atoms with van der Waals surface area (Å²) in [5.74, 6) is -0.831. The van der Waals surface area contributed by atoms with E-state index in [0.717, 1.165) is 22.3 Å². The monoisotopic (exact) mass is 442 g/mol. The van der Waals surface area contributed by atoms with Gasteiger partial charge in [-0.05, 0) is 61.7 Å². The van der Waals surface area contributed by atoms with E-state index in [1.54, 1.807) is 36.7 Å². The molecule has 1 aromatic heterocycles. The fourth-order valence-electron chi connectivity index (χ4n) is 4.10. The zero-order valence-corrected chi connectivity index (χ0v) is 18.9. The van der Waals surface area contributed by atoms with Gasteiger partial charge in [-0.2, -0.15) is 0 Å². The summed E-state index contributed by atoms with van der Waals surface area (Å²) < 4.78 is 5.59. The number of nitrogens with zero attached hydrogens (tertiary/aromatic N) is 2. The lowest BCUT2D eigenvalue weighted by molar-refractivity contribution is -0.140. The van der Waals surface area contributed by atoms with Crippen molar-refractivity contribution in [2.75, 3.05) is 6.61 Å². The minimum atomic E-state index is -0.710. The van der Waals surface area contributed by atoms with Gasteiger partial charge in [0.1, 0.15) is 11.5 Å². The molecule has 168 valence electrons. The second kappa shape index (κ2) is 9.28. The van der Waals surface area contributed by atoms with Gasteiger partial charge in [0, 0.05) is 24.5 Å². The molecule has 0 aliphatic carbocycles. The minimum Gasteiger partial charge on any atom is -0.507 e. The summed E-state index contributed by atoms with van der Waals surface area (Å²) in [4.78, 5) is 31.9. The maximum Gasteiger partial charge on any atom is 0.295 e. The summed E-state index contributed by atoms with van der Waals surface area (Å²) in [7, 11) is 0. The summed E-state index contributed by atoms with van der Waals surface area (Å²) in [6.07, 6.45) is 3.32. The van der Waals surface area contributed by atoms with Gasteiger partial charge in [-0.15, -0.1) is 0 Å². The summed E-state index contributed by atoms with van der Waals surface area (Å²) >= 11 is 0. The molecule has 1 fully saturated rings. The van der Waals surface area contributed by atoms with Crippen molar-refractivity contribution < 1.29 is 19.4 Å². The van der Waals surface area contributed by atoms with Crippen LogP contribution in [0.2, 0.25) is 0 Å². The first kappa shape index (κ1) is 22.3. The van der Waals surface area contributed by atoms with Crippen molar-refractivity contribution in [1.29, 1.82) is 0 Å². The average Bonchev–Trinajstić information content (AvgIpc) is 3.06. The highest BCUT2D eigenvalue weighted by molar-refractivity contribution is 6.46. The van der Waals surface area contributed by atoms with Crippen LogP contribution in [0.3, 0.4) is 0 Å². The molecule has 2 heterocycles. The van der Waals surface area contributed by atoms with E-state index in [1.165, 1.54) is 4.90 Å². The van der Waals surface area contributed by atoms with Crippen LogP contribution in [-0.4, -0.2) is 33.3 Å². The normalized spacial score (nSPS) is 17.4. The van der Waals surface area contributed by atoms with Crippen molar-refractivity contribution in [3.63, 3.8) is 0 Å². The molecule has 1 aliphatic heterocycles. The van der Waals surface area contributed by atoms with Gasteiger partial charge >= 0.3 is 0 Å². The summed E-state index contributed by atoms with van der Waals surface area (Å²) in [5.41, 5.74) is 3.99. The molecule has 6 heteroatoms. The van der Waals surface area contributed by atoms with Gasteiger partial charge in [-0.3, -0.25) is 14.6 Å². The molecule has 0 spiro atoms. The highest BCUT2D eigenvalue weighted by Crippen LogP contribution is 2.40. The van der Waals surface area contributed by atoms with E-state index in [2.05, 4.69) is 4.98 Å². The Morgan fingerprint density at radius 2 is 1.85 bits per heavy atom. The minimum absolute atomic E-state index is 0.0799. The quantitative estimate of drug-likeness (QED) is 0.339. The Morgan fingerprint density at radius 1 is 1.09 bits per heavy atom. The van der Waals surface area contributed by atoms with Gasteiger partial charge in [0.15, 0.2) is 0 Å². The van der Waals surface area contributed by atoms with Gasteiger partial charge in [-0.25, -0.2) is 0 Å². The number of hydrogen-bond donors (Lipinski definition) is 1. The number of aliphatic hydroxyl groups excluding tert-OH is 1. The number of carbonyl (C=O) groups is 2. The fraction of sp³-hybridized carbons (Fsp3) is 0.222. The molecule has 1 saturated heterocycles. The number of aromatic nitrogens is 1. The van der Waals surface area contributed by atoms with Crippen molar-refractivity contribution in [2.45, 2.75) is 33.4 Å². The molecule has 1 N–H and O–H groups in total. The number of amides is 1. The van der Waals surface area contributed by atoms with Crippen LogP contribution < -0.4 is 4.74 Å². The first-order chi connectivity index (χ1) is 15.9. The van der Waals surface area contributed by atoms with Crippen LogP contribution >= 0.6 is 0 Å². The smallest absolute Gasteiger partial charge is 0.295 e. The number of rotatable bonds is 6. The van der Waals surface area contributed by atoms with E-state index >= 15 is 0 Å². The zero-order chi connectivity index (χ0) is 23.5. The van der Waals surface area contributed by atoms with E-state index in [9.17, 15) is 14.7 Å². The fourth-order valence-corrected chi connectivity index (χ4v) is 4.10. The summed E-state index contributed by atoms with van der Waals surface area (Å²) in [6, 6.07) is 15.8. The SMILES string of the molecule is CCOc1ccc(/C(O)=C2/C(=O)C(=O)N(Cc3cccnc3)C2c2ccc(C)cc2)cc1C. The molecule has 3 aromatic rings. The number of likely N-dealkylation sites (tertiary alicyclic amines) is 1. The average molecular weight is 443 g/mol. The van der Waals surface area contributed by atoms with Crippen molar-refractivity contribution in [3.8, 4) is 5.75 Å². The lowest BCUT2D eigenvalue weighted by atomic mass is 9.94. The standard InChI is InChI=1S/C27H26N2O4/c1-4-33-22-12-11-21(14-18(22)3)25(30)23-24(20-9-7-17(2)8-10-20)29(27(32)26(23)31)16-19-6-5-13-28-15-19/h5-15,24,30H,4,16H2,1-3H3/b25-23-. The number of carbonyl (C=O) groups excluding carboxylic acids is 2. The van der Waals surface area contributed by atoms with Gasteiger partial charge < -0.3 is 14.7 Å². The van der Waals surface area contributed by atoms with E-state index in [0.29, 0.717) is 17.9 Å². The predicted molar refractivity (Wildman–Crippen MR) is 126 cm³/mol. The third-order valence-corrected chi connectivity index (χ3v) is 5.76. The Labute approximate surface area is 193 Å². The third kappa shape index (κ3) is 4.37. The van der Waals surface area contributed by atoms with Crippen LogP contribution in [0.15, 0.2) is 72.6 Å².